The van der Waals surface area contributed by atoms with E-state index in [9.17, 15) is 14.4 Å². The van der Waals surface area contributed by atoms with Crippen LogP contribution in [0, 0.1) is 17.8 Å². The van der Waals surface area contributed by atoms with Gasteiger partial charge in [0.15, 0.2) is 0 Å². The van der Waals surface area contributed by atoms with Crippen LogP contribution in [0.5, 0.6) is 0 Å². The van der Waals surface area contributed by atoms with Crippen LogP contribution < -0.4 is 5.56 Å². The number of aromatic amines is 1. The van der Waals surface area contributed by atoms with Gasteiger partial charge in [0.1, 0.15) is 5.82 Å². The van der Waals surface area contributed by atoms with Crippen LogP contribution >= 0.6 is 0 Å². The number of hydrogen-bond donors (Lipinski definition) is 1. The molecular formula is C24H34N4O3. The zero-order valence-corrected chi connectivity index (χ0v) is 18.6. The van der Waals surface area contributed by atoms with Crippen molar-refractivity contribution in [2.24, 2.45) is 17.8 Å². The van der Waals surface area contributed by atoms with E-state index in [4.69, 9.17) is 4.98 Å². The Bertz CT molecular complexity index is 920. The van der Waals surface area contributed by atoms with Gasteiger partial charge < -0.3 is 14.8 Å². The van der Waals surface area contributed by atoms with Crippen molar-refractivity contribution < 1.29 is 9.59 Å². The molecule has 2 aliphatic carbocycles. The first-order valence-corrected chi connectivity index (χ1v) is 12.2. The fourth-order valence-corrected chi connectivity index (χ4v) is 5.76. The normalized spacial score (nSPS) is 28.9. The summed E-state index contributed by atoms with van der Waals surface area (Å²) in [6, 6.07) is -0.131. The van der Waals surface area contributed by atoms with Crippen molar-refractivity contribution in [1.82, 2.24) is 19.8 Å². The maximum atomic E-state index is 13.0. The molecule has 5 rings (SSSR count). The fraction of sp³-hybridized carbons (Fsp3) is 0.750. The molecule has 1 N–H and O–H groups in total. The van der Waals surface area contributed by atoms with Gasteiger partial charge in [0.05, 0.1) is 23.8 Å². The third kappa shape index (κ3) is 4.03. The molecule has 0 spiro atoms. The number of fused-ring (bicyclic) bond motifs is 1. The fourth-order valence-electron chi connectivity index (χ4n) is 5.76. The first-order valence-electron chi connectivity index (χ1n) is 12.2. The lowest BCUT2D eigenvalue weighted by atomic mass is 9.88. The van der Waals surface area contributed by atoms with E-state index in [1.54, 1.807) is 0 Å². The Morgan fingerprint density at radius 3 is 2.48 bits per heavy atom. The minimum atomic E-state index is -0.140. The predicted molar refractivity (Wildman–Crippen MR) is 116 cm³/mol. The number of amides is 2. The lowest BCUT2D eigenvalue weighted by Gasteiger charge is -2.36. The minimum Gasteiger partial charge on any atom is -0.337 e. The third-order valence-electron chi connectivity index (χ3n) is 7.88. The van der Waals surface area contributed by atoms with Gasteiger partial charge in [-0.25, -0.2) is 4.98 Å². The summed E-state index contributed by atoms with van der Waals surface area (Å²) in [6.45, 7) is 3.86. The molecule has 2 saturated carbocycles. The topological polar surface area (TPSA) is 86.4 Å². The number of rotatable bonds is 3. The van der Waals surface area contributed by atoms with E-state index in [2.05, 4.69) is 11.9 Å². The SMILES string of the molecule is C[C@H]1C[C@H]1C(=O)N1CCCC[C@@H]1c1nc2c(c(=O)[nH]1)CN(C(=O)C1CCCCC1)CC2. The molecule has 0 bridgehead atoms. The van der Waals surface area contributed by atoms with Crippen molar-refractivity contribution in [3.63, 3.8) is 0 Å². The Morgan fingerprint density at radius 1 is 1.00 bits per heavy atom. The van der Waals surface area contributed by atoms with Crippen molar-refractivity contribution in [2.45, 2.75) is 83.7 Å². The highest BCUT2D eigenvalue weighted by Crippen LogP contribution is 2.42. The van der Waals surface area contributed by atoms with Crippen LogP contribution in [0.4, 0.5) is 0 Å². The molecule has 168 valence electrons. The van der Waals surface area contributed by atoms with Crippen LogP contribution in [0.15, 0.2) is 4.79 Å². The van der Waals surface area contributed by atoms with Gasteiger partial charge in [0, 0.05) is 31.3 Å². The standard InChI is InChI=1S/C24H34N4O3/c1-15-13-17(15)24(31)28-11-6-5-9-20(28)21-25-19-10-12-27(14-18(19)22(29)26-21)23(30)16-7-3-2-4-8-16/h15-17,20H,2-14H2,1H3,(H,25,26,29)/t15-,17+,20+/m0/s1. The van der Waals surface area contributed by atoms with Crippen molar-refractivity contribution >= 4 is 11.8 Å². The number of carbonyl (C=O) groups excluding carboxylic acids is 2. The first kappa shape index (κ1) is 20.7. The molecule has 3 atom stereocenters. The Kier molecular flexibility index (Phi) is 5.61. The van der Waals surface area contributed by atoms with E-state index in [-0.39, 0.29) is 35.3 Å². The van der Waals surface area contributed by atoms with Crippen molar-refractivity contribution in [2.75, 3.05) is 13.1 Å². The van der Waals surface area contributed by atoms with Gasteiger partial charge in [-0.15, -0.1) is 0 Å². The molecule has 4 aliphatic rings. The second-order valence-corrected chi connectivity index (χ2v) is 10.1. The van der Waals surface area contributed by atoms with Crippen LogP contribution in [-0.4, -0.2) is 44.7 Å². The maximum Gasteiger partial charge on any atom is 0.256 e. The van der Waals surface area contributed by atoms with E-state index < -0.39 is 0 Å². The third-order valence-corrected chi connectivity index (χ3v) is 7.88. The molecule has 1 aromatic heterocycles. The molecule has 1 saturated heterocycles. The number of nitrogens with zero attached hydrogens (tertiary/aromatic N) is 3. The number of piperidine rings is 1. The molecule has 0 unspecified atom stereocenters. The Hall–Kier alpha value is -2.18. The highest BCUT2D eigenvalue weighted by molar-refractivity contribution is 5.82. The Balaban J connectivity index is 1.35. The van der Waals surface area contributed by atoms with Crippen molar-refractivity contribution in [3.05, 3.63) is 27.4 Å². The van der Waals surface area contributed by atoms with E-state index in [1.165, 1.54) is 6.42 Å². The number of hydrogen-bond acceptors (Lipinski definition) is 4. The first-order chi connectivity index (χ1) is 15.0. The van der Waals surface area contributed by atoms with Crippen LogP contribution in [0.2, 0.25) is 0 Å². The van der Waals surface area contributed by atoms with Crippen LogP contribution in [0.25, 0.3) is 0 Å². The summed E-state index contributed by atoms with van der Waals surface area (Å²) in [5.41, 5.74) is 1.30. The molecule has 31 heavy (non-hydrogen) atoms. The van der Waals surface area contributed by atoms with Gasteiger partial charge in [-0.3, -0.25) is 14.4 Å². The predicted octanol–water partition coefficient (Wildman–Crippen LogP) is 2.94. The number of H-pyrrole nitrogens is 1. The van der Waals surface area contributed by atoms with E-state index in [1.807, 2.05) is 9.80 Å². The van der Waals surface area contributed by atoms with Gasteiger partial charge >= 0.3 is 0 Å². The van der Waals surface area contributed by atoms with E-state index >= 15 is 0 Å². The summed E-state index contributed by atoms with van der Waals surface area (Å²) < 4.78 is 0. The molecule has 2 aliphatic heterocycles. The van der Waals surface area contributed by atoms with Gasteiger partial charge in [0.2, 0.25) is 11.8 Å². The average Bonchev–Trinajstić information content (AvgIpc) is 3.55. The lowest BCUT2D eigenvalue weighted by Crippen LogP contribution is -2.44. The molecule has 3 heterocycles. The second kappa shape index (κ2) is 8.40. The van der Waals surface area contributed by atoms with E-state index in [0.717, 1.165) is 63.6 Å². The average molecular weight is 427 g/mol. The van der Waals surface area contributed by atoms with Gasteiger partial charge in [-0.05, 0) is 44.4 Å². The lowest BCUT2D eigenvalue weighted by molar-refractivity contribution is -0.138. The zero-order chi connectivity index (χ0) is 21.5. The molecule has 3 fully saturated rings. The quantitative estimate of drug-likeness (QED) is 0.805. The molecule has 7 nitrogen and oxygen atoms in total. The Morgan fingerprint density at radius 2 is 1.74 bits per heavy atom. The summed E-state index contributed by atoms with van der Waals surface area (Å²) in [6.07, 6.45) is 9.91. The van der Waals surface area contributed by atoms with Crippen LogP contribution in [0.1, 0.15) is 87.8 Å². The molecule has 1 aromatic rings. The van der Waals surface area contributed by atoms with Crippen LogP contribution in [0.3, 0.4) is 0 Å². The van der Waals surface area contributed by atoms with Crippen LogP contribution in [-0.2, 0) is 22.6 Å². The monoisotopic (exact) mass is 426 g/mol. The zero-order valence-electron chi connectivity index (χ0n) is 18.6. The Labute approximate surface area is 183 Å². The largest absolute Gasteiger partial charge is 0.337 e. The molecule has 0 aromatic carbocycles. The number of likely N-dealkylation sites (tertiary alicyclic amines) is 1. The minimum absolute atomic E-state index is 0.119. The molecule has 7 heteroatoms. The van der Waals surface area contributed by atoms with E-state index in [0.29, 0.717) is 36.8 Å². The van der Waals surface area contributed by atoms with Gasteiger partial charge in [-0.1, -0.05) is 26.2 Å². The number of carbonyl (C=O) groups is 2. The summed E-state index contributed by atoms with van der Waals surface area (Å²) in [4.78, 5) is 50.6. The summed E-state index contributed by atoms with van der Waals surface area (Å²) in [7, 11) is 0. The van der Waals surface area contributed by atoms with Gasteiger partial charge in [-0.2, -0.15) is 0 Å². The number of nitrogens with one attached hydrogen (secondary N) is 1. The summed E-state index contributed by atoms with van der Waals surface area (Å²) in [5.74, 6) is 1.80. The summed E-state index contributed by atoms with van der Waals surface area (Å²) >= 11 is 0. The molecule has 2 amide bonds. The smallest absolute Gasteiger partial charge is 0.256 e. The highest BCUT2D eigenvalue weighted by Gasteiger charge is 2.44. The summed E-state index contributed by atoms with van der Waals surface area (Å²) in [5, 5.41) is 0. The molecule has 0 radical (unpaired) electrons. The maximum absolute atomic E-state index is 13.0. The second-order valence-electron chi connectivity index (χ2n) is 10.1. The highest BCUT2D eigenvalue weighted by atomic mass is 16.2. The molecular weight excluding hydrogens is 392 g/mol. The van der Waals surface area contributed by atoms with Gasteiger partial charge in [0.25, 0.3) is 5.56 Å². The van der Waals surface area contributed by atoms with Crippen molar-refractivity contribution in [1.29, 1.82) is 0 Å². The van der Waals surface area contributed by atoms with Crippen molar-refractivity contribution in [3.8, 4) is 0 Å². The number of aromatic nitrogens is 2.